The molecule has 3 aromatic rings. The fraction of sp³-hybridized carbons (Fsp3) is 0.304. The number of hydrogen-bond acceptors (Lipinski definition) is 5. The Balaban J connectivity index is 1.58. The van der Waals surface area contributed by atoms with Crippen LogP contribution in [0.4, 0.5) is 5.69 Å². The third-order valence-electron chi connectivity index (χ3n) is 5.54. The van der Waals surface area contributed by atoms with E-state index in [9.17, 15) is 13.2 Å². The summed E-state index contributed by atoms with van der Waals surface area (Å²) in [6, 6.07) is 14.9. The second kappa shape index (κ2) is 8.26. The predicted octanol–water partition coefficient (Wildman–Crippen LogP) is 3.86. The second-order valence-corrected chi connectivity index (χ2v) is 11.4. The summed E-state index contributed by atoms with van der Waals surface area (Å²) in [4.78, 5) is 19.9. The van der Waals surface area contributed by atoms with E-state index >= 15 is 0 Å². The van der Waals surface area contributed by atoms with Crippen molar-refractivity contribution in [3.05, 3.63) is 59.7 Å². The van der Waals surface area contributed by atoms with Crippen molar-refractivity contribution in [1.29, 1.82) is 0 Å². The maximum Gasteiger partial charge on any atom is 0.242 e. The van der Waals surface area contributed by atoms with Gasteiger partial charge in [-0.05, 0) is 61.7 Å². The lowest BCUT2D eigenvalue weighted by Gasteiger charge is -2.21. The Bertz CT molecular complexity index is 1270. The summed E-state index contributed by atoms with van der Waals surface area (Å²) < 4.78 is 26.1. The van der Waals surface area contributed by atoms with Gasteiger partial charge in [0.15, 0.2) is 0 Å². The number of carbonyl (C=O) groups excluding carboxylic acids is 1. The molecule has 8 heteroatoms. The van der Waals surface area contributed by atoms with Crippen LogP contribution < -0.4 is 4.90 Å². The van der Waals surface area contributed by atoms with Crippen molar-refractivity contribution in [1.82, 2.24) is 9.29 Å². The average molecular weight is 456 g/mol. The van der Waals surface area contributed by atoms with Gasteiger partial charge in [-0.2, -0.15) is 0 Å². The van der Waals surface area contributed by atoms with E-state index < -0.39 is 10.0 Å². The molecule has 0 spiro atoms. The van der Waals surface area contributed by atoms with Crippen molar-refractivity contribution in [2.24, 2.45) is 0 Å². The molecule has 4 rings (SSSR count). The van der Waals surface area contributed by atoms with Gasteiger partial charge in [-0.25, -0.2) is 17.7 Å². The van der Waals surface area contributed by atoms with E-state index in [0.717, 1.165) is 28.1 Å². The molecule has 1 aliphatic heterocycles. The number of anilines is 1. The molecule has 6 nitrogen and oxygen atoms in total. The highest BCUT2D eigenvalue weighted by Crippen LogP contribution is 2.33. The maximum atomic E-state index is 13.1. The molecule has 0 saturated heterocycles. The molecular formula is C23H25N3O3S2. The molecule has 2 aromatic carbocycles. The van der Waals surface area contributed by atoms with Gasteiger partial charge in [0.05, 0.1) is 20.7 Å². The summed E-state index contributed by atoms with van der Waals surface area (Å²) in [5.74, 6) is 0.0712. The van der Waals surface area contributed by atoms with Gasteiger partial charge in [0, 0.05) is 31.7 Å². The van der Waals surface area contributed by atoms with Crippen molar-refractivity contribution in [3.63, 3.8) is 0 Å². The number of fused-ring (bicyclic) bond motifs is 2. The normalized spacial score (nSPS) is 14.8. The molecule has 162 valence electrons. The molecular weight excluding hydrogens is 430 g/mol. The predicted molar refractivity (Wildman–Crippen MR) is 125 cm³/mol. The van der Waals surface area contributed by atoms with Gasteiger partial charge < -0.3 is 4.90 Å². The molecule has 0 fully saturated rings. The standard InChI is InChI=1S/C23H25N3O3S2/c1-15-13-22(24-20-10-9-18(14-19(15)20)31(28,29)25(3)4)30-16(2)23(27)26-12-11-17-7-5-6-8-21(17)26/h5-10,13-14,16H,11-12H2,1-4H3. The lowest BCUT2D eigenvalue weighted by Crippen LogP contribution is -2.35. The summed E-state index contributed by atoms with van der Waals surface area (Å²) in [6.45, 7) is 4.54. The van der Waals surface area contributed by atoms with Crippen molar-refractivity contribution in [3.8, 4) is 0 Å². The van der Waals surface area contributed by atoms with Gasteiger partial charge in [0.25, 0.3) is 0 Å². The molecule has 0 radical (unpaired) electrons. The van der Waals surface area contributed by atoms with Crippen LogP contribution in [0.2, 0.25) is 0 Å². The highest BCUT2D eigenvalue weighted by Gasteiger charge is 2.28. The second-order valence-electron chi connectivity index (χ2n) is 7.87. The summed E-state index contributed by atoms with van der Waals surface area (Å²) in [5, 5.41) is 1.25. The summed E-state index contributed by atoms with van der Waals surface area (Å²) in [5.41, 5.74) is 3.84. The molecule has 1 atom stereocenters. The molecule has 1 unspecified atom stereocenters. The first-order valence-electron chi connectivity index (χ1n) is 10.1. The summed E-state index contributed by atoms with van der Waals surface area (Å²) in [7, 11) is -0.478. The Morgan fingerprint density at radius 2 is 1.90 bits per heavy atom. The van der Waals surface area contributed by atoms with E-state index in [-0.39, 0.29) is 16.1 Å². The minimum absolute atomic E-state index is 0.0712. The van der Waals surface area contributed by atoms with Gasteiger partial charge in [-0.15, -0.1) is 0 Å². The number of rotatable bonds is 5. The summed E-state index contributed by atoms with van der Waals surface area (Å²) >= 11 is 1.43. The van der Waals surface area contributed by atoms with E-state index in [1.807, 2.05) is 43.0 Å². The van der Waals surface area contributed by atoms with Crippen LogP contribution in [0.15, 0.2) is 58.5 Å². The molecule has 2 heterocycles. The minimum atomic E-state index is -3.51. The lowest BCUT2D eigenvalue weighted by molar-refractivity contribution is -0.117. The van der Waals surface area contributed by atoms with Gasteiger partial charge >= 0.3 is 0 Å². The number of benzene rings is 2. The molecule has 1 aromatic heterocycles. The zero-order valence-corrected chi connectivity index (χ0v) is 19.6. The van der Waals surface area contributed by atoms with E-state index in [0.29, 0.717) is 12.1 Å². The molecule has 0 N–H and O–H groups in total. The fourth-order valence-corrected chi connectivity index (χ4v) is 5.71. The number of nitrogens with zero attached hydrogens (tertiary/aromatic N) is 3. The van der Waals surface area contributed by atoms with Crippen LogP contribution >= 0.6 is 11.8 Å². The van der Waals surface area contributed by atoms with Crippen LogP contribution in [0, 0.1) is 6.92 Å². The van der Waals surface area contributed by atoms with Gasteiger partial charge in [0.2, 0.25) is 15.9 Å². The van der Waals surface area contributed by atoms with E-state index in [1.165, 1.54) is 35.7 Å². The number of aromatic nitrogens is 1. The lowest BCUT2D eigenvalue weighted by atomic mass is 10.1. The molecule has 0 bridgehead atoms. The number of aryl methyl sites for hydroxylation is 1. The topological polar surface area (TPSA) is 70.6 Å². The number of thioether (sulfide) groups is 1. The quantitative estimate of drug-likeness (QED) is 0.547. The van der Waals surface area contributed by atoms with Crippen molar-refractivity contribution < 1.29 is 13.2 Å². The highest BCUT2D eigenvalue weighted by molar-refractivity contribution is 8.00. The van der Waals surface area contributed by atoms with Gasteiger partial charge in [0.1, 0.15) is 0 Å². The average Bonchev–Trinajstić information content (AvgIpc) is 3.17. The Labute approximate surface area is 187 Å². The fourth-order valence-electron chi connectivity index (χ4n) is 3.79. The van der Waals surface area contributed by atoms with Crippen LogP contribution in [0.3, 0.4) is 0 Å². The number of carbonyl (C=O) groups is 1. The summed E-state index contributed by atoms with van der Waals surface area (Å²) in [6.07, 6.45) is 0.880. The van der Waals surface area contributed by atoms with Crippen LogP contribution in [-0.4, -0.2) is 49.5 Å². The molecule has 0 saturated carbocycles. The van der Waals surface area contributed by atoms with E-state index in [2.05, 4.69) is 11.1 Å². The largest absolute Gasteiger partial charge is 0.311 e. The third kappa shape index (κ3) is 4.07. The minimum Gasteiger partial charge on any atom is -0.311 e. The van der Waals surface area contributed by atoms with Gasteiger partial charge in [-0.3, -0.25) is 4.79 Å². The molecule has 0 aliphatic carbocycles. The Kier molecular flexibility index (Phi) is 5.81. The number of amides is 1. The first-order chi connectivity index (χ1) is 14.7. The molecule has 31 heavy (non-hydrogen) atoms. The number of para-hydroxylation sites is 1. The van der Waals surface area contributed by atoms with Crippen molar-refractivity contribution in [2.75, 3.05) is 25.5 Å². The van der Waals surface area contributed by atoms with Crippen LogP contribution in [-0.2, 0) is 21.2 Å². The van der Waals surface area contributed by atoms with Crippen LogP contribution in [0.1, 0.15) is 18.1 Å². The maximum absolute atomic E-state index is 13.1. The van der Waals surface area contributed by atoms with Crippen LogP contribution in [0.5, 0.6) is 0 Å². The number of sulfonamides is 1. The zero-order valence-electron chi connectivity index (χ0n) is 18.0. The smallest absolute Gasteiger partial charge is 0.242 e. The van der Waals surface area contributed by atoms with E-state index in [1.54, 1.807) is 18.2 Å². The number of hydrogen-bond donors (Lipinski definition) is 0. The monoisotopic (exact) mass is 455 g/mol. The van der Waals surface area contributed by atoms with Crippen molar-refractivity contribution >= 4 is 44.3 Å². The number of pyridine rings is 1. The molecule has 1 amide bonds. The van der Waals surface area contributed by atoms with Crippen molar-refractivity contribution in [2.45, 2.75) is 35.4 Å². The Hall–Kier alpha value is -2.42. The first kappa shape index (κ1) is 21.8. The SMILES string of the molecule is Cc1cc(SC(C)C(=O)N2CCc3ccccc32)nc2ccc(S(=O)(=O)N(C)C)cc12. The molecule has 1 aliphatic rings. The first-order valence-corrected chi connectivity index (χ1v) is 12.4. The zero-order chi connectivity index (χ0) is 22.3. The van der Waals surface area contributed by atoms with Crippen LogP contribution in [0.25, 0.3) is 10.9 Å². The third-order valence-corrected chi connectivity index (χ3v) is 8.36. The Morgan fingerprint density at radius 3 is 2.65 bits per heavy atom. The van der Waals surface area contributed by atoms with Gasteiger partial charge in [-0.1, -0.05) is 30.0 Å². The highest BCUT2D eigenvalue weighted by atomic mass is 32.2. The van der Waals surface area contributed by atoms with E-state index in [4.69, 9.17) is 0 Å². The Morgan fingerprint density at radius 1 is 1.16 bits per heavy atom.